The van der Waals surface area contributed by atoms with Gasteiger partial charge in [-0.2, -0.15) is 14.8 Å². The number of aromatic nitrogens is 8. The average molecular weight is 567 g/mol. The number of anilines is 2. The Morgan fingerprint density at radius 1 is 1.10 bits per heavy atom. The molecule has 5 N–H and O–H groups in total. The highest BCUT2D eigenvalue weighted by Gasteiger charge is 2.47. The van der Waals surface area contributed by atoms with Crippen LogP contribution in [0.4, 0.5) is 11.8 Å². The van der Waals surface area contributed by atoms with E-state index in [1.807, 2.05) is 37.3 Å². The van der Waals surface area contributed by atoms with Crippen LogP contribution in [0.5, 0.6) is 0 Å². The SMILES string of the molecule is CCn1nnc([C@H]2O[C@@H](n3cnc4c(NCCC(C)(C)C)nc(NC(CO)Cc5ccccc5)nc43)[C@H](O)[C@@H]2O)n1. The summed E-state index contributed by atoms with van der Waals surface area (Å²) < 4.78 is 7.64. The molecule has 1 aliphatic heterocycles. The summed E-state index contributed by atoms with van der Waals surface area (Å²) in [7, 11) is 0. The molecule has 1 fully saturated rings. The largest absolute Gasteiger partial charge is 0.394 e. The molecule has 1 aromatic carbocycles. The molecule has 0 amide bonds. The molecule has 14 heteroatoms. The first-order chi connectivity index (χ1) is 19.7. The maximum absolute atomic E-state index is 11.0. The quantitative estimate of drug-likeness (QED) is 0.177. The summed E-state index contributed by atoms with van der Waals surface area (Å²) in [6.07, 6.45) is -1.64. The third-order valence-corrected chi connectivity index (χ3v) is 6.99. The number of ether oxygens (including phenoxy) is 1. The highest BCUT2D eigenvalue weighted by Crippen LogP contribution is 2.39. The number of rotatable bonds is 11. The number of aliphatic hydroxyl groups excluding tert-OH is 3. The van der Waals surface area contributed by atoms with E-state index in [1.54, 1.807) is 4.57 Å². The average Bonchev–Trinajstić information content (AvgIpc) is 3.66. The van der Waals surface area contributed by atoms with E-state index in [-0.39, 0.29) is 29.8 Å². The van der Waals surface area contributed by atoms with Crippen LogP contribution in [-0.4, -0.2) is 86.4 Å². The van der Waals surface area contributed by atoms with Crippen LogP contribution in [0.1, 0.15) is 57.8 Å². The fraction of sp³-hybridized carbons (Fsp3) is 0.556. The second-order valence-corrected chi connectivity index (χ2v) is 11.4. The smallest absolute Gasteiger partial charge is 0.227 e. The number of tetrazole rings is 1. The van der Waals surface area contributed by atoms with Gasteiger partial charge in [-0.1, -0.05) is 51.1 Å². The lowest BCUT2D eigenvalue weighted by atomic mass is 9.92. The third-order valence-electron chi connectivity index (χ3n) is 6.99. The van der Waals surface area contributed by atoms with Crippen LogP contribution in [0, 0.1) is 5.41 Å². The molecule has 5 rings (SSSR count). The number of nitrogens with one attached hydrogen (secondary N) is 2. The summed E-state index contributed by atoms with van der Waals surface area (Å²) in [6.45, 7) is 9.38. The van der Waals surface area contributed by atoms with Crippen molar-refractivity contribution in [3.63, 3.8) is 0 Å². The standard InChI is InChI=1S/C27H38N10O4/c1-5-37-34-23(33-35-37)21-19(39)20(40)25(41-21)36-15-29-18-22(28-12-11-27(2,3)4)31-26(32-24(18)36)30-17(14-38)13-16-9-7-6-8-10-16/h6-10,15,17,19-21,25,38-40H,5,11-14H2,1-4H3,(H2,28,30,31,32)/t17?,19-,20+,21-,25+/m0/s1. The molecule has 220 valence electrons. The summed E-state index contributed by atoms with van der Waals surface area (Å²) in [6, 6.07) is 9.50. The Labute approximate surface area is 237 Å². The second kappa shape index (κ2) is 12.0. The van der Waals surface area contributed by atoms with Gasteiger partial charge in [-0.3, -0.25) is 4.57 Å². The molecule has 1 aliphatic rings. The second-order valence-electron chi connectivity index (χ2n) is 11.4. The van der Waals surface area contributed by atoms with E-state index in [4.69, 9.17) is 14.7 Å². The van der Waals surface area contributed by atoms with Crippen molar-refractivity contribution in [1.29, 1.82) is 0 Å². The minimum absolute atomic E-state index is 0.109. The maximum Gasteiger partial charge on any atom is 0.227 e. The summed E-state index contributed by atoms with van der Waals surface area (Å²) in [5, 5.41) is 50.7. The van der Waals surface area contributed by atoms with Gasteiger partial charge in [0.05, 0.1) is 25.5 Å². The molecule has 4 aromatic rings. The van der Waals surface area contributed by atoms with Gasteiger partial charge in [-0.25, -0.2) is 4.98 Å². The predicted octanol–water partition coefficient (Wildman–Crippen LogP) is 1.69. The lowest BCUT2D eigenvalue weighted by Gasteiger charge is -2.20. The first kappa shape index (κ1) is 28.8. The number of fused-ring (bicyclic) bond motifs is 1. The molecule has 1 saturated heterocycles. The monoisotopic (exact) mass is 566 g/mol. The van der Waals surface area contributed by atoms with Crippen LogP contribution in [0.2, 0.25) is 0 Å². The van der Waals surface area contributed by atoms with Crippen molar-refractivity contribution in [1.82, 2.24) is 39.7 Å². The highest BCUT2D eigenvalue weighted by atomic mass is 16.6. The molecule has 5 atom stereocenters. The van der Waals surface area contributed by atoms with E-state index < -0.39 is 24.5 Å². The Morgan fingerprint density at radius 2 is 1.88 bits per heavy atom. The van der Waals surface area contributed by atoms with Crippen molar-refractivity contribution in [2.45, 2.75) is 77.7 Å². The van der Waals surface area contributed by atoms with Crippen molar-refractivity contribution in [2.24, 2.45) is 5.41 Å². The summed E-state index contributed by atoms with van der Waals surface area (Å²) in [5.41, 5.74) is 2.04. The summed E-state index contributed by atoms with van der Waals surface area (Å²) >= 11 is 0. The zero-order chi connectivity index (χ0) is 29.1. The molecule has 0 radical (unpaired) electrons. The van der Waals surface area contributed by atoms with E-state index in [0.717, 1.165) is 12.0 Å². The van der Waals surface area contributed by atoms with Crippen molar-refractivity contribution >= 4 is 22.9 Å². The zero-order valence-corrected chi connectivity index (χ0v) is 23.7. The van der Waals surface area contributed by atoms with Crippen LogP contribution in [0.25, 0.3) is 11.2 Å². The maximum atomic E-state index is 11.0. The highest BCUT2D eigenvalue weighted by molar-refractivity contribution is 5.84. The van der Waals surface area contributed by atoms with Gasteiger partial charge < -0.3 is 30.7 Å². The van der Waals surface area contributed by atoms with E-state index in [2.05, 4.69) is 51.8 Å². The summed E-state index contributed by atoms with van der Waals surface area (Å²) in [4.78, 5) is 15.3. The molecule has 41 heavy (non-hydrogen) atoms. The van der Waals surface area contributed by atoms with Crippen LogP contribution >= 0.6 is 0 Å². The number of hydrogen-bond acceptors (Lipinski definition) is 12. The first-order valence-corrected chi connectivity index (χ1v) is 13.9. The number of imidazole rings is 1. The fourth-order valence-corrected chi connectivity index (χ4v) is 4.70. The van der Waals surface area contributed by atoms with Gasteiger partial charge in [0.1, 0.15) is 12.2 Å². The molecule has 3 aromatic heterocycles. The van der Waals surface area contributed by atoms with E-state index >= 15 is 0 Å². The molecular formula is C27H38N10O4. The normalized spacial score (nSPS) is 21.8. The van der Waals surface area contributed by atoms with Gasteiger partial charge in [0.25, 0.3) is 0 Å². The molecule has 0 bridgehead atoms. The van der Waals surface area contributed by atoms with Gasteiger partial charge in [-0.05, 0) is 36.0 Å². The Hall–Kier alpha value is -3.72. The van der Waals surface area contributed by atoms with Crippen LogP contribution in [0.15, 0.2) is 36.7 Å². The zero-order valence-electron chi connectivity index (χ0n) is 23.7. The van der Waals surface area contributed by atoms with E-state index in [1.165, 1.54) is 11.1 Å². The minimum atomic E-state index is -1.31. The van der Waals surface area contributed by atoms with Gasteiger partial charge in [-0.15, -0.1) is 10.2 Å². The molecule has 14 nitrogen and oxygen atoms in total. The van der Waals surface area contributed by atoms with Crippen molar-refractivity contribution in [3.8, 4) is 0 Å². The number of benzene rings is 1. The van der Waals surface area contributed by atoms with Crippen molar-refractivity contribution in [2.75, 3.05) is 23.8 Å². The van der Waals surface area contributed by atoms with Gasteiger partial charge in [0.2, 0.25) is 11.8 Å². The van der Waals surface area contributed by atoms with E-state index in [9.17, 15) is 15.3 Å². The molecule has 0 saturated carbocycles. The Bertz CT molecular complexity index is 1440. The molecule has 0 aliphatic carbocycles. The molecule has 4 heterocycles. The lowest BCUT2D eigenvalue weighted by Crippen LogP contribution is -2.29. The van der Waals surface area contributed by atoms with Crippen LogP contribution < -0.4 is 10.6 Å². The summed E-state index contributed by atoms with van der Waals surface area (Å²) in [5.74, 6) is 0.970. The molecule has 0 spiro atoms. The Morgan fingerprint density at radius 3 is 2.56 bits per heavy atom. The minimum Gasteiger partial charge on any atom is -0.394 e. The van der Waals surface area contributed by atoms with Crippen molar-refractivity contribution < 1.29 is 20.1 Å². The third kappa shape index (κ3) is 6.45. The number of hydrogen-bond donors (Lipinski definition) is 5. The molecule has 1 unspecified atom stereocenters. The van der Waals surface area contributed by atoms with E-state index in [0.29, 0.717) is 36.5 Å². The number of aliphatic hydroxyl groups is 3. The van der Waals surface area contributed by atoms with Gasteiger partial charge >= 0.3 is 0 Å². The lowest BCUT2D eigenvalue weighted by molar-refractivity contribution is -0.0384. The molecular weight excluding hydrogens is 528 g/mol. The van der Waals surface area contributed by atoms with Gasteiger partial charge in [0.15, 0.2) is 29.3 Å². The topological polar surface area (TPSA) is 181 Å². The van der Waals surface area contributed by atoms with Crippen molar-refractivity contribution in [3.05, 3.63) is 48.0 Å². The van der Waals surface area contributed by atoms with Crippen LogP contribution in [0.3, 0.4) is 0 Å². The Balaban J connectivity index is 1.47. The Kier molecular flexibility index (Phi) is 8.45. The number of nitrogens with zero attached hydrogens (tertiary/aromatic N) is 8. The fourth-order valence-electron chi connectivity index (χ4n) is 4.70. The number of aryl methyl sites for hydroxylation is 1. The first-order valence-electron chi connectivity index (χ1n) is 13.9. The van der Waals surface area contributed by atoms with Crippen LogP contribution in [-0.2, 0) is 17.7 Å². The predicted molar refractivity (Wildman–Crippen MR) is 151 cm³/mol. The van der Waals surface area contributed by atoms with Gasteiger partial charge in [0, 0.05) is 6.54 Å².